The topological polar surface area (TPSA) is 50.2 Å². The highest BCUT2D eigenvalue weighted by Gasteiger charge is 2.29. The lowest BCUT2D eigenvalue weighted by Crippen LogP contribution is -2.39. The Morgan fingerprint density at radius 1 is 1.11 bits per heavy atom. The van der Waals surface area contributed by atoms with Gasteiger partial charge in [-0.2, -0.15) is 5.10 Å². The Kier molecular flexibility index (Phi) is 5.53. The van der Waals surface area contributed by atoms with Crippen LogP contribution in [0.4, 0.5) is 4.39 Å². The number of nitrogens with zero attached hydrogens (tertiary/aromatic N) is 3. The maximum atomic E-state index is 13.9. The molecule has 0 radical (unpaired) electrons. The Hall–Kier alpha value is -2.21. The SMILES string of the molecule is O=C(NC1CCN(C2CCCCCC2)C1)c1cnn(-c2ccccc2F)c1. The monoisotopic (exact) mass is 370 g/mol. The van der Waals surface area contributed by atoms with Crippen molar-refractivity contribution in [2.75, 3.05) is 13.1 Å². The van der Waals surface area contributed by atoms with E-state index in [4.69, 9.17) is 0 Å². The third-order valence-electron chi connectivity index (χ3n) is 5.84. The molecule has 1 aliphatic heterocycles. The van der Waals surface area contributed by atoms with Gasteiger partial charge in [0, 0.05) is 31.4 Å². The lowest BCUT2D eigenvalue weighted by atomic mass is 10.1. The molecule has 6 heteroatoms. The van der Waals surface area contributed by atoms with Crippen molar-refractivity contribution in [3.8, 4) is 5.69 Å². The summed E-state index contributed by atoms with van der Waals surface area (Å²) in [6.45, 7) is 1.99. The first-order chi connectivity index (χ1) is 13.2. The van der Waals surface area contributed by atoms with Crippen LogP contribution in [0.3, 0.4) is 0 Å². The highest BCUT2D eigenvalue weighted by atomic mass is 19.1. The first kappa shape index (κ1) is 18.2. The Bertz CT molecular complexity index is 782. The van der Waals surface area contributed by atoms with E-state index in [1.54, 1.807) is 24.4 Å². The number of aromatic nitrogens is 2. The molecule has 1 saturated heterocycles. The molecule has 5 nitrogen and oxygen atoms in total. The number of nitrogens with one attached hydrogen (secondary N) is 1. The fourth-order valence-corrected chi connectivity index (χ4v) is 4.34. The summed E-state index contributed by atoms with van der Waals surface area (Å²) in [5.41, 5.74) is 0.808. The molecule has 1 atom stereocenters. The Morgan fingerprint density at radius 3 is 2.67 bits per heavy atom. The Morgan fingerprint density at radius 2 is 1.89 bits per heavy atom. The van der Waals surface area contributed by atoms with E-state index in [-0.39, 0.29) is 17.8 Å². The van der Waals surface area contributed by atoms with Crippen LogP contribution in [-0.2, 0) is 0 Å². The molecule has 1 unspecified atom stereocenters. The van der Waals surface area contributed by atoms with Gasteiger partial charge in [0.2, 0.25) is 0 Å². The number of carbonyl (C=O) groups is 1. The van der Waals surface area contributed by atoms with Gasteiger partial charge in [-0.1, -0.05) is 37.8 Å². The molecule has 2 aromatic rings. The highest BCUT2D eigenvalue weighted by Crippen LogP contribution is 2.25. The molecule has 0 spiro atoms. The van der Waals surface area contributed by atoms with Gasteiger partial charge < -0.3 is 5.32 Å². The number of halogens is 1. The third-order valence-corrected chi connectivity index (χ3v) is 5.84. The molecule has 1 N–H and O–H groups in total. The van der Waals surface area contributed by atoms with E-state index in [1.165, 1.54) is 55.5 Å². The summed E-state index contributed by atoms with van der Waals surface area (Å²) in [5.74, 6) is -0.493. The summed E-state index contributed by atoms with van der Waals surface area (Å²) in [5, 5.41) is 7.28. The molecule has 0 bridgehead atoms. The minimum atomic E-state index is -0.359. The molecular formula is C21H27FN4O. The fraction of sp³-hybridized carbons (Fsp3) is 0.524. The summed E-state index contributed by atoms with van der Waals surface area (Å²) < 4.78 is 15.3. The zero-order valence-corrected chi connectivity index (χ0v) is 15.6. The second kappa shape index (κ2) is 8.21. The fourth-order valence-electron chi connectivity index (χ4n) is 4.34. The van der Waals surface area contributed by atoms with Gasteiger partial charge in [0.1, 0.15) is 11.5 Å². The molecule has 2 fully saturated rings. The summed E-state index contributed by atoms with van der Waals surface area (Å²) in [4.78, 5) is 15.1. The number of amides is 1. The third kappa shape index (κ3) is 4.21. The number of likely N-dealkylation sites (tertiary alicyclic amines) is 1. The van der Waals surface area contributed by atoms with Crippen molar-refractivity contribution in [2.24, 2.45) is 0 Å². The van der Waals surface area contributed by atoms with Gasteiger partial charge in [-0.05, 0) is 31.4 Å². The first-order valence-electron chi connectivity index (χ1n) is 10.1. The number of hydrogen-bond donors (Lipinski definition) is 1. The minimum Gasteiger partial charge on any atom is -0.348 e. The number of carbonyl (C=O) groups excluding carboxylic acids is 1. The highest BCUT2D eigenvalue weighted by molar-refractivity contribution is 5.94. The Balaban J connectivity index is 1.35. The van der Waals surface area contributed by atoms with Gasteiger partial charge in [-0.15, -0.1) is 0 Å². The average molecular weight is 370 g/mol. The van der Waals surface area contributed by atoms with Crippen molar-refractivity contribution >= 4 is 5.91 Å². The van der Waals surface area contributed by atoms with Gasteiger partial charge in [0.15, 0.2) is 0 Å². The molecule has 4 rings (SSSR count). The summed E-state index contributed by atoms with van der Waals surface area (Å²) >= 11 is 0. The smallest absolute Gasteiger partial charge is 0.254 e. The summed E-state index contributed by atoms with van der Waals surface area (Å²) in [7, 11) is 0. The van der Waals surface area contributed by atoms with E-state index < -0.39 is 0 Å². The number of rotatable bonds is 4. The number of para-hydroxylation sites is 1. The van der Waals surface area contributed by atoms with Crippen molar-refractivity contribution in [3.63, 3.8) is 0 Å². The average Bonchev–Trinajstić information content (AvgIpc) is 3.26. The quantitative estimate of drug-likeness (QED) is 0.838. The van der Waals surface area contributed by atoms with Gasteiger partial charge >= 0.3 is 0 Å². The molecule has 1 saturated carbocycles. The van der Waals surface area contributed by atoms with E-state index >= 15 is 0 Å². The van der Waals surface area contributed by atoms with Crippen LogP contribution in [0.1, 0.15) is 55.3 Å². The van der Waals surface area contributed by atoms with Gasteiger partial charge in [0.25, 0.3) is 5.91 Å². The van der Waals surface area contributed by atoms with Crippen LogP contribution in [0.25, 0.3) is 5.69 Å². The molecule has 27 heavy (non-hydrogen) atoms. The summed E-state index contributed by atoms with van der Waals surface area (Å²) in [6, 6.07) is 7.27. The number of benzene rings is 1. The maximum Gasteiger partial charge on any atom is 0.254 e. The number of hydrogen-bond acceptors (Lipinski definition) is 3. The van der Waals surface area contributed by atoms with Crippen LogP contribution >= 0.6 is 0 Å². The molecule has 2 heterocycles. The van der Waals surface area contributed by atoms with E-state index in [0.29, 0.717) is 17.3 Å². The van der Waals surface area contributed by atoms with Crippen LogP contribution in [-0.4, -0.2) is 45.8 Å². The van der Waals surface area contributed by atoms with E-state index in [0.717, 1.165) is 19.5 Å². The standard InChI is InChI=1S/C21H27FN4O/c22-19-9-5-6-10-20(19)26-14-16(13-23-26)21(27)24-17-11-12-25(15-17)18-7-3-1-2-4-8-18/h5-6,9-10,13-14,17-18H,1-4,7-8,11-12,15H2,(H,24,27). The Labute approximate surface area is 159 Å². The van der Waals surface area contributed by atoms with E-state index in [9.17, 15) is 9.18 Å². The second-order valence-corrected chi connectivity index (χ2v) is 7.72. The molecule has 1 aromatic carbocycles. The van der Waals surface area contributed by atoms with Crippen molar-refractivity contribution in [1.29, 1.82) is 0 Å². The predicted molar refractivity (Wildman–Crippen MR) is 102 cm³/mol. The van der Waals surface area contributed by atoms with E-state index in [1.807, 2.05) is 0 Å². The molecule has 1 aromatic heterocycles. The minimum absolute atomic E-state index is 0.134. The van der Waals surface area contributed by atoms with Gasteiger partial charge in [-0.25, -0.2) is 9.07 Å². The zero-order valence-electron chi connectivity index (χ0n) is 15.6. The zero-order chi connectivity index (χ0) is 18.6. The molecule has 1 aliphatic carbocycles. The largest absolute Gasteiger partial charge is 0.348 e. The first-order valence-corrected chi connectivity index (χ1v) is 10.1. The molecule has 1 amide bonds. The van der Waals surface area contributed by atoms with Gasteiger partial charge in [-0.3, -0.25) is 9.69 Å². The lowest BCUT2D eigenvalue weighted by Gasteiger charge is -2.26. The second-order valence-electron chi connectivity index (χ2n) is 7.72. The lowest BCUT2D eigenvalue weighted by molar-refractivity contribution is 0.0935. The van der Waals surface area contributed by atoms with Crippen molar-refractivity contribution < 1.29 is 9.18 Å². The van der Waals surface area contributed by atoms with Crippen molar-refractivity contribution in [2.45, 2.75) is 57.0 Å². The normalized spacial score (nSPS) is 21.9. The predicted octanol–water partition coefficient (Wildman–Crippen LogP) is 3.54. The van der Waals surface area contributed by atoms with Crippen LogP contribution in [0.2, 0.25) is 0 Å². The van der Waals surface area contributed by atoms with Crippen LogP contribution in [0, 0.1) is 5.82 Å². The van der Waals surface area contributed by atoms with Crippen molar-refractivity contribution in [1.82, 2.24) is 20.0 Å². The van der Waals surface area contributed by atoms with Crippen LogP contribution in [0.5, 0.6) is 0 Å². The van der Waals surface area contributed by atoms with Crippen LogP contribution in [0.15, 0.2) is 36.7 Å². The molecule has 2 aliphatic rings. The van der Waals surface area contributed by atoms with Crippen LogP contribution < -0.4 is 5.32 Å². The maximum absolute atomic E-state index is 13.9. The van der Waals surface area contributed by atoms with Gasteiger partial charge in [0.05, 0.1) is 11.8 Å². The summed E-state index contributed by atoms with van der Waals surface area (Å²) in [6.07, 6.45) is 12.0. The van der Waals surface area contributed by atoms with E-state index in [2.05, 4.69) is 15.3 Å². The molecule has 144 valence electrons. The van der Waals surface area contributed by atoms with Crippen molar-refractivity contribution in [3.05, 3.63) is 48.0 Å². The molecular weight excluding hydrogens is 343 g/mol.